The monoisotopic (exact) mass is 366 g/mol. The second-order valence-corrected chi connectivity index (χ2v) is 6.27. The Morgan fingerprint density at radius 3 is 2.52 bits per heavy atom. The molecular weight excluding hydrogens is 344 g/mol. The predicted octanol–water partition coefficient (Wildman–Crippen LogP) is 4.81. The lowest BCUT2D eigenvalue weighted by atomic mass is 10.0. The molecule has 0 fully saturated rings. The molecule has 27 heavy (non-hydrogen) atoms. The van der Waals surface area contributed by atoms with Crippen LogP contribution >= 0.6 is 0 Å². The smallest absolute Gasteiger partial charge is 0.314 e. The van der Waals surface area contributed by atoms with Gasteiger partial charge in [-0.3, -0.25) is 9.59 Å². The van der Waals surface area contributed by atoms with Gasteiger partial charge in [-0.2, -0.15) is 0 Å². The summed E-state index contributed by atoms with van der Waals surface area (Å²) in [6.45, 7) is 3.91. The molecule has 0 atom stereocenters. The van der Waals surface area contributed by atoms with Gasteiger partial charge in [-0.1, -0.05) is 32.0 Å². The predicted molar refractivity (Wildman–Crippen MR) is 104 cm³/mol. The number of para-hydroxylation sites is 1. The number of esters is 1. The van der Waals surface area contributed by atoms with Crippen molar-refractivity contribution in [1.82, 2.24) is 0 Å². The van der Waals surface area contributed by atoms with Crippen molar-refractivity contribution in [3.05, 3.63) is 59.0 Å². The van der Waals surface area contributed by atoms with Gasteiger partial charge in [0.1, 0.15) is 23.3 Å². The van der Waals surface area contributed by atoms with Crippen molar-refractivity contribution < 1.29 is 18.7 Å². The molecule has 0 aliphatic rings. The van der Waals surface area contributed by atoms with E-state index in [0.717, 1.165) is 12.8 Å². The van der Waals surface area contributed by atoms with Gasteiger partial charge in [0, 0.05) is 11.6 Å². The van der Waals surface area contributed by atoms with E-state index in [-0.39, 0.29) is 17.3 Å². The first-order chi connectivity index (χ1) is 13.1. The van der Waals surface area contributed by atoms with Gasteiger partial charge in [0.05, 0.1) is 24.0 Å². The van der Waals surface area contributed by atoms with Crippen LogP contribution < -0.4 is 14.9 Å². The fourth-order valence-corrected chi connectivity index (χ4v) is 3.05. The highest BCUT2D eigenvalue weighted by Gasteiger charge is 2.18. The minimum Gasteiger partial charge on any atom is -0.496 e. The van der Waals surface area contributed by atoms with E-state index in [2.05, 4.69) is 0 Å². The van der Waals surface area contributed by atoms with Crippen LogP contribution in [0.25, 0.3) is 22.1 Å². The maximum Gasteiger partial charge on any atom is 0.314 e. The van der Waals surface area contributed by atoms with E-state index >= 15 is 0 Å². The van der Waals surface area contributed by atoms with Crippen molar-refractivity contribution in [2.75, 3.05) is 7.11 Å². The molecule has 3 rings (SSSR count). The summed E-state index contributed by atoms with van der Waals surface area (Å²) in [7, 11) is 1.56. The number of methoxy groups -OCH3 is 1. The lowest BCUT2D eigenvalue weighted by molar-refractivity contribution is -0.139. The van der Waals surface area contributed by atoms with Crippen LogP contribution in [0.4, 0.5) is 0 Å². The molecular formula is C22H22O5. The maximum atomic E-state index is 12.9. The third-order valence-electron chi connectivity index (χ3n) is 4.68. The van der Waals surface area contributed by atoms with Gasteiger partial charge in [-0.15, -0.1) is 0 Å². The molecule has 0 amide bonds. The Kier molecular flexibility index (Phi) is 5.60. The van der Waals surface area contributed by atoms with Crippen LogP contribution in [0.5, 0.6) is 11.5 Å². The average Bonchev–Trinajstić information content (AvgIpc) is 2.69. The average molecular weight is 366 g/mol. The van der Waals surface area contributed by atoms with Crippen molar-refractivity contribution in [3.63, 3.8) is 0 Å². The van der Waals surface area contributed by atoms with E-state index in [0.29, 0.717) is 33.6 Å². The number of benzene rings is 2. The van der Waals surface area contributed by atoms with Crippen molar-refractivity contribution in [2.24, 2.45) is 5.92 Å². The zero-order valence-corrected chi connectivity index (χ0v) is 15.7. The van der Waals surface area contributed by atoms with Crippen LogP contribution in [-0.4, -0.2) is 13.1 Å². The Bertz CT molecular complexity index is 1010. The summed E-state index contributed by atoms with van der Waals surface area (Å²) < 4.78 is 16.4. The van der Waals surface area contributed by atoms with E-state index in [1.54, 1.807) is 31.4 Å². The first kappa shape index (κ1) is 18.7. The second-order valence-electron chi connectivity index (χ2n) is 6.27. The Labute approximate surface area is 157 Å². The summed E-state index contributed by atoms with van der Waals surface area (Å²) in [4.78, 5) is 25.1. The molecule has 0 saturated carbocycles. The van der Waals surface area contributed by atoms with Crippen LogP contribution in [0.15, 0.2) is 57.9 Å². The number of rotatable bonds is 6. The van der Waals surface area contributed by atoms with Gasteiger partial charge in [-0.25, -0.2) is 0 Å². The van der Waals surface area contributed by atoms with Crippen LogP contribution in [0.2, 0.25) is 0 Å². The lowest BCUT2D eigenvalue weighted by Gasteiger charge is -2.12. The van der Waals surface area contributed by atoms with Crippen molar-refractivity contribution in [3.8, 4) is 22.6 Å². The normalized spacial score (nSPS) is 11.0. The molecule has 0 saturated heterocycles. The summed E-state index contributed by atoms with van der Waals surface area (Å²) in [5.41, 5.74) is 1.29. The summed E-state index contributed by atoms with van der Waals surface area (Å²) in [6.07, 6.45) is 2.86. The summed E-state index contributed by atoms with van der Waals surface area (Å²) in [5, 5.41) is 0.417. The molecule has 0 unspecified atom stereocenters. The molecule has 0 aliphatic carbocycles. The Balaban J connectivity index is 1.99. The molecule has 0 bridgehead atoms. The number of carbonyl (C=O) groups excluding carboxylic acids is 1. The molecule has 2 aromatic carbocycles. The standard InChI is InChI=1S/C22H22O5/c1-4-14(5-2)22(24)27-15-10-11-17-20(12-15)26-13-18(21(17)23)16-8-6-7-9-19(16)25-3/h6-14H,4-5H2,1-3H3. The fraction of sp³-hybridized carbons (Fsp3) is 0.273. The molecule has 5 heteroatoms. The molecule has 3 aromatic rings. The molecule has 0 spiro atoms. The Morgan fingerprint density at radius 1 is 1.07 bits per heavy atom. The second kappa shape index (κ2) is 8.08. The minimum atomic E-state index is -0.271. The van der Waals surface area contributed by atoms with E-state index in [9.17, 15) is 9.59 Å². The Hall–Kier alpha value is -3.08. The van der Waals surface area contributed by atoms with Crippen molar-refractivity contribution in [2.45, 2.75) is 26.7 Å². The van der Waals surface area contributed by atoms with Crippen LogP contribution in [0.3, 0.4) is 0 Å². The third kappa shape index (κ3) is 3.72. The van der Waals surface area contributed by atoms with Crippen LogP contribution in [-0.2, 0) is 4.79 Å². The van der Waals surface area contributed by atoms with Gasteiger partial charge < -0.3 is 13.9 Å². The number of hydrogen-bond donors (Lipinski definition) is 0. The molecule has 0 radical (unpaired) electrons. The molecule has 140 valence electrons. The molecule has 0 aliphatic heterocycles. The SMILES string of the molecule is CCC(CC)C(=O)Oc1ccc2c(=O)c(-c3ccccc3OC)coc2c1. The van der Waals surface area contributed by atoms with E-state index in [4.69, 9.17) is 13.9 Å². The molecule has 0 N–H and O–H groups in total. The highest BCUT2D eigenvalue weighted by molar-refractivity contribution is 5.84. The van der Waals surface area contributed by atoms with Crippen molar-refractivity contribution >= 4 is 16.9 Å². The summed E-state index contributed by atoms with van der Waals surface area (Å²) in [6, 6.07) is 12.1. The zero-order chi connectivity index (χ0) is 19.4. The number of hydrogen-bond acceptors (Lipinski definition) is 5. The van der Waals surface area contributed by atoms with E-state index < -0.39 is 0 Å². The van der Waals surface area contributed by atoms with Crippen molar-refractivity contribution in [1.29, 1.82) is 0 Å². The third-order valence-corrected chi connectivity index (χ3v) is 4.68. The van der Waals surface area contributed by atoms with Crippen LogP contribution in [0, 0.1) is 5.92 Å². The quantitative estimate of drug-likeness (QED) is 0.463. The number of fused-ring (bicyclic) bond motifs is 1. The fourth-order valence-electron chi connectivity index (χ4n) is 3.05. The Morgan fingerprint density at radius 2 is 1.81 bits per heavy atom. The van der Waals surface area contributed by atoms with Gasteiger partial charge in [-0.05, 0) is 31.0 Å². The molecule has 1 aromatic heterocycles. The minimum absolute atomic E-state index is 0.138. The van der Waals surface area contributed by atoms with Gasteiger partial charge in [0.25, 0.3) is 0 Å². The topological polar surface area (TPSA) is 65.7 Å². The highest BCUT2D eigenvalue weighted by Crippen LogP contribution is 2.29. The van der Waals surface area contributed by atoms with Gasteiger partial charge in [0.15, 0.2) is 0 Å². The van der Waals surface area contributed by atoms with E-state index in [1.807, 2.05) is 32.0 Å². The number of carbonyl (C=O) groups is 1. The first-order valence-corrected chi connectivity index (χ1v) is 8.99. The van der Waals surface area contributed by atoms with E-state index in [1.165, 1.54) is 6.26 Å². The lowest BCUT2D eigenvalue weighted by Crippen LogP contribution is -2.19. The van der Waals surface area contributed by atoms with Crippen LogP contribution in [0.1, 0.15) is 26.7 Å². The molecule has 5 nitrogen and oxygen atoms in total. The zero-order valence-electron chi connectivity index (χ0n) is 15.7. The first-order valence-electron chi connectivity index (χ1n) is 8.99. The highest BCUT2D eigenvalue weighted by atomic mass is 16.5. The van der Waals surface area contributed by atoms with Gasteiger partial charge in [0.2, 0.25) is 5.43 Å². The largest absolute Gasteiger partial charge is 0.496 e. The summed E-state index contributed by atoms with van der Waals surface area (Å²) in [5.74, 6) is 0.556. The maximum absolute atomic E-state index is 12.9. The number of ether oxygens (including phenoxy) is 2. The molecule has 1 heterocycles. The van der Waals surface area contributed by atoms with Gasteiger partial charge >= 0.3 is 5.97 Å². The summed E-state index contributed by atoms with van der Waals surface area (Å²) >= 11 is 0.